The van der Waals surface area contributed by atoms with Gasteiger partial charge in [0.15, 0.2) is 11.6 Å². The summed E-state index contributed by atoms with van der Waals surface area (Å²) < 4.78 is 31.6. The molecule has 0 fully saturated rings. The van der Waals surface area contributed by atoms with Crippen LogP contribution in [0.1, 0.15) is 17.4 Å². The van der Waals surface area contributed by atoms with Gasteiger partial charge in [-0.25, -0.2) is 18.6 Å². The van der Waals surface area contributed by atoms with Crippen molar-refractivity contribution in [2.45, 2.75) is 6.92 Å². The number of halogens is 2. The highest BCUT2D eigenvalue weighted by molar-refractivity contribution is 5.87. The van der Waals surface area contributed by atoms with E-state index >= 15 is 0 Å². The molecule has 19 heavy (non-hydrogen) atoms. The number of aromatic nitrogens is 1. The molecule has 3 nitrogen and oxygen atoms in total. The van der Waals surface area contributed by atoms with Gasteiger partial charge in [-0.2, -0.15) is 0 Å². The zero-order chi connectivity index (χ0) is 13.8. The van der Waals surface area contributed by atoms with Crippen LogP contribution in [0.25, 0.3) is 11.3 Å². The molecule has 1 heterocycles. The van der Waals surface area contributed by atoms with Crippen LogP contribution in [0.3, 0.4) is 0 Å². The molecule has 0 aliphatic heterocycles. The lowest BCUT2D eigenvalue weighted by molar-refractivity contribution is 0.0519. The van der Waals surface area contributed by atoms with Crippen LogP contribution in [-0.4, -0.2) is 17.6 Å². The van der Waals surface area contributed by atoms with E-state index < -0.39 is 17.6 Å². The van der Waals surface area contributed by atoms with Crippen LogP contribution in [0.2, 0.25) is 0 Å². The summed E-state index contributed by atoms with van der Waals surface area (Å²) in [5.74, 6) is -2.54. The Balaban J connectivity index is 2.43. The Labute approximate surface area is 108 Å². The van der Waals surface area contributed by atoms with Crippen molar-refractivity contribution in [3.05, 3.63) is 53.7 Å². The maximum absolute atomic E-state index is 13.6. The predicted molar refractivity (Wildman–Crippen MR) is 65.5 cm³/mol. The minimum Gasteiger partial charge on any atom is -0.461 e. The first-order valence-electron chi connectivity index (χ1n) is 5.72. The second kappa shape index (κ2) is 5.56. The zero-order valence-electron chi connectivity index (χ0n) is 10.2. The quantitative estimate of drug-likeness (QED) is 0.798. The van der Waals surface area contributed by atoms with Gasteiger partial charge >= 0.3 is 5.97 Å². The lowest BCUT2D eigenvalue weighted by Crippen LogP contribution is -2.07. The van der Waals surface area contributed by atoms with Gasteiger partial charge in [-0.3, -0.25) is 0 Å². The van der Waals surface area contributed by atoms with Crippen LogP contribution in [0.4, 0.5) is 8.78 Å². The molecule has 0 aliphatic rings. The third-order valence-electron chi connectivity index (χ3n) is 2.46. The molecule has 0 aliphatic carbocycles. The molecule has 0 spiro atoms. The summed E-state index contributed by atoms with van der Waals surface area (Å²) in [6, 6.07) is 8.30. The summed E-state index contributed by atoms with van der Waals surface area (Å²) in [6.45, 7) is 1.90. The molecule has 1 aromatic heterocycles. The van der Waals surface area contributed by atoms with Gasteiger partial charge < -0.3 is 4.74 Å². The molecule has 0 saturated carbocycles. The fourth-order valence-electron chi connectivity index (χ4n) is 1.61. The molecule has 0 atom stereocenters. The molecule has 0 N–H and O–H groups in total. The number of hydrogen-bond donors (Lipinski definition) is 0. The second-order valence-corrected chi connectivity index (χ2v) is 3.73. The molecule has 2 rings (SSSR count). The fraction of sp³-hybridized carbons (Fsp3) is 0.143. The molecular weight excluding hydrogens is 252 g/mol. The van der Waals surface area contributed by atoms with Crippen molar-refractivity contribution >= 4 is 5.97 Å². The fourth-order valence-corrected chi connectivity index (χ4v) is 1.61. The lowest BCUT2D eigenvalue weighted by atomic mass is 10.1. The third kappa shape index (κ3) is 2.76. The van der Waals surface area contributed by atoms with Crippen molar-refractivity contribution in [2.24, 2.45) is 0 Å². The maximum atomic E-state index is 13.6. The Kier molecular flexibility index (Phi) is 3.85. The average Bonchev–Trinajstić information content (AvgIpc) is 2.42. The van der Waals surface area contributed by atoms with Gasteiger partial charge in [-0.05, 0) is 31.2 Å². The number of nitrogens with zero attached hydrogens (tertiary/aromatic N) is 1. The van der Waals surface area contributed by atoms with Gasteiger partial charge in [-0.1, -0.05) is 12.1 Å². The van der Waals surface area contributed by atoms with Crippen molar-refractivity contribution in [3.8, 4) is 11.3 Å². The summed E-state index contributed by atoms with van der Waals surface area (Å²) >= 11 is 0. The van der Waals surface area contributed by atoms with Crippen LogP contribution in [-0.2, 0) is 4.74 Å². The first-order chi connectivity index (χ1) is 9.13. The van der Waals surface area contributed by atoms with Gasteiger partial charge in [-0.15, -0.1) is 0 Å². The smallest absolute Gasteiger partial charge is 0.356 e. The predicted octanol–water partition coefficient (Wildman–Crippen LogP) is 3.20. The Morgan fingerprint density at radius 2 is 1.95 bits per heavy atom. The van der Waals surface area contributed by atoms with E-state index in [0.29, 0.717) is 0 Å². The van der Waals surface area contributed by atoms with Crippen molar-refractivity contribution in [1.82, 2.24) is 4.98 Å². The number of carbonyl (C=O) groups excluding carboxylic acids is 1. The molecule has 2 aromatic rings. The molecule has 0 saturated heterocycles. The van der Waals surface area contributed by atoms with Gasteiger partial charge in [0.05, 0.1) is 12.3 Å². The standard InChI is InChI=1S/C14H11F2NO2/c1-2-19-14(18)12-8-4-7-11(17-12)9-5-3-6-10(15)13(9)16/h3-8H,2H2,1H3. The minimum atomic E-state index is -0.990. The number of ether oxygens (including phenoxy) is 1. The number of carbonyl (C=O) groups is 1. The average molecular weight is 263 g/mol. The first kappa shape index (κ1) is 13.1. The van der Waals surface area contributed by atoms with Gasteiger partial charge in [0, 0.05) is 5.56 Å². The summed E-state index contributed by atoms with van der Waals surface area (Å²) in [5, 5.41) is 0. The molecule has 0 amide bonds. The highest BCUT2D eigenvalue weighted by Crippen LogP contribution is 2.22. The second-order valence-electron chi connectivity index (χ2n) is 3.73. The molecule has 0 bridgehead atoms. The van der Waals surface area contributed by atoms with E-state index in [2.05, 4.69) is 4.98 Å². The summed E-state index contributed by atoms with van der Waals surface area (Å²) in [5.41, 5.74) is 0.247. The Hall–Kier alpha value is -2.30. The minimum absolute atomic E-state index is 0.00569. The largest absolute Gasteiger partial charge is 0.461 e. The molecule has 0 radical (unpaired) electrons. The highest BCUT2D eigenvalue weighted by atomic mass is 19.2. The summed E-state index contributed by atoms with van der Waals surface area (Å²) in [7, 11) is 0. The zero-order valence-corrected chi connectivity index (χ0v) is 10.2. The van der Waals surface area contributed by atoms with Crippen LogP contribution in [0, 0.1) is 11.6 Å². The summed E-state index contributed by atoms with van der Waals surface area (Å²) in [6.07, 6.45) is 0. The van der Waals surface area contributed by atoms with Crippen LogP contribution in [0.5, 0.6) is 0 Å². The lowest BCUT2D eigenvalue weighted by Gasteiger charge is -2.05. The van der Waals surface area contributed by atoms with Crippen LogP contribution >= 0.6 is 0 Å². The number of rotatable bonds is 3. The molecule has 98 valence electrons. The Bertz CT molecular complexity index is 614. The molecule has 0 unspecified atom stereocenters. The van der Waals surface area contributed by atoms with Gasteiger partial charge in [0.1, 0.15) is 5.69 Å². The van der Waals surface area contributed by atoms with Gasteiger partial charge in [0.25, 0.3) is 0 Å². The van der Waals surface area contributed by atoms with Crippen molar-refractivity contribution in [1.29, 1.82) is 0 Å². The van der Waals surface area contributed by atoms with Crippen LogP contribution in [0.15, 0.2) is 36.4 Å². The number of benzene rings is 1. The first-order valence-corrected chi connectivity index (χ1v) is 5.72. The van der Waals surface area contributed by atoms with Gasteiger partial charge in [0.2, 0.25) is 0 Å². The van der Waals surface area contributed by atoms with E-state index in [1.54, 1.807) is 13.0 Å². The molecular formula is C14H11F2NO2. The van der Waals surface area contributed by atoms with E-state index in [-0.39, 0.29) is 23.6 Å². The molecule has 5 heteroatoms. The van der Waals surface area contributed by atoms with E-state index in [1.165, 1.54) is 24.3 Å². The topological polar surface area (TPSA) is 39.2 Å². The van der Waals surface area contributed by atoms with E-state index in [9.17, 15) is 13.6 Å². The van der Waals surface area contributed by atoms with Crippen molar-refractivity contribution in [2.75, 3.05) is 6.61 Å². The van der Waals surface area contributed by atoms with Crippen molar-refractivity contribution < 1.29 is 18.3 Å². The third-order valence-corrected chi connectivity index (χ3v) is 2.46. The number of esters is 1. The number of hydrogen-bond acceptors (Lipinski definition) is 3. The van der Waals surface area contributed by atoms with Crippen LogP contribution < -0.4 is 0 Å². The maximum Gasteiger partial charge on any atom is 0.356 e. The van der Waals surface area contributed by atoms with E-state index in [1.807, 2.05) is 0 Å². The van der Waals surface area contributed by atoms with E-state index in [0.717, 1.165) is 6.07 Å². The SMILES string of the molecule is CCOC(=O)c1cccc(-c2cccc(F)c2F)n1. The molecule has 1 aromatic carbocycles. The van der Waals surface area contributed by atoms with E-state index in [4.69, 9.17) is 4.74 Å². The normalized spacial score (nSPS) is 10.3. The Morgan fingerprint density at radius 3 is 2.68 bits per heavy atom. The monoisotopic (exact) mass is 263 g/mol. The highest BCUT2D eigenvalue weighted by Gasteiger charge is 2.13. The number of pyridine rings is 1. The van der Waals surface area contributed by atoms with Crippen molar-refractivity contribution in [3.63, 3.8) is 0 Å². The summed E-state index contributed by atoms with van der Waals surface area (Å²) in [4.78, 5) is 15.5. The Morgan fingerprint density at radius 1 is 1.21 bits per heavy atom.